The zero-order chi connectivity index (χ0) is 10.6. The first kappa shape index (κ1) is 12.1. The molecule has 0 N–H and O–H groups in total. The second-order valence-corrected chi connectivity index (χ2v) is 5.47. The van der Waals surface area contributed by atoms with Gasteiger partial charge in [0.2, 0.25) is 0 Å². The van der Waals surface area contributed by atoms with Crippen LogP contribution in [-0.4, -0.2) is 0 Å². The molecule has 3 unspecified atom stereocenters. The van der Waals surface area contributed by atoms with Crippen LogP contribution in [0.4, 0.5) is 0 Å². The Labute approximate surface area is 90.5 Å². The van der Waals surface area contributed by atoms with Crippen molar-refractivity contribution < 1.29 is 0 Å². The molecule has 3 atom stereocenters. The molecule has 1 aliphatic rings. The lowest BCUT2D eigenvalue weighted by molar-refractivity contribution is 0.332. The van der Waals surface area contributed by atoms with Crippen LogP contribution in [0.2, 0.25) is 0 Å². The molecule has 14 heavy (non-hydrogen) atoms. The van der Waals surface area contributed by atoms with Gasteiger partial charge in [0, 0.05) is 0 Å². The van der Waals surface area contributed by atoms with Crippen molar-refractivity contribution in [3.8, 4) is 0 Å². The van der Waals surface area contributed by atoms with Gasteiger partial charge >= 0.3 is 0 Å². The van der Waals surface area contributed by atoms with Crippen molar-refractivity contribution in [3.63, 3.8) is 0 Å². The van der Waals surface area contributed by atoms with E-state index in [4.69, 9.17) is 0 Å². The summed E-state index contributed by atoms with van der Waals surface area (Å²) in [5.41, 5.74) is 0.799. The van der Waals surface area contributed by atoms with Crippen LogP contribution in [0.25, 0.3) is 0 Å². The fraction of sp³-hybridized carbons (Fsp3) is 1.00. The average molecular weight is 196 g/mol. The SMILES string of the molecule is CCCC1(CCC(C)CC)CC1CC. The van der Waals surface area contributed by atoms with Crippen LogP contribution < -0.4 is 0 Å². The van der Waals surface area contributed by atoms with E-state index in [2.05, 4.69) is 27.7 Å². The minimum Gasteiger partial charge on any atom is -0.0654 e. The van der Waals surface area contributed by atoms with Crippen molar-refractivity contribution in [3.05, 3.63) is 0 Å². The van der Waals surface area contributed by atoms with Crippen LogP contribution in [0.5, 0.6) is 0 Å². The van der Waals surface area contributed by atoms with Gasteiger partial charge in [0.05, 0.1) is 0 Å². The van der Waals surface area contributed by atoms with Gasteiger partial charge in [-0.1, -0.05) is 53.4 Å². The molecule has 0 amide bonds. The smallest absolute Gasteiger partial charge is 0.0266 e. The highest BCUT2D eigenvalue weighted by Gasteiger charge is 2.50. The van der Waals surface area contributed by atoms with E-state index in [1.165, 1.54) is 44.9 Å². The zero-order valence-electron chi connectivity index (χ0n) is 10.6. The molecule has 0 spiro atoms. The molecule has 0 aromatic rings. The second-order valence-electron chi connectivity index (χ2n) is 5.47. The average Bonchev–Trinajstić information content (AvgIpc) is 2.89. The van der Waals surface area contributed by atoms with E-state index in [1.54, 1.807) is 0 Å². The molecule has 0 saturated heterocycles. The van der Waals surface area contributed by atoms with Crippen LogP contribution in [0.3, 0.4) is 0 Å². The maximum Gasteiger partial charge on any atom is -0.0266 e. The molecule has 0 aliphatic heterocycles. The third-order valence-corrected chi connectivity index (χ3v) is 4.43. The van der Waals surface area contributed by atoms with E-state index in [1.807, 2.05) is 0 Å². The molecule has 0 aromatic carbocycles. The van der Waals surface area contributed by atoms with Crippen molar-refractivity contribution in [2.75, 3.05) is 0 Å². The quantitative estimate of drug-likeness (QED) is 0.536. The van der Waals surface area contributed by atoms with Crippen molar-refractivity contribution >= 4 is 0 Å². The lowest BCUT2D eigenvalue weighted by Crippen LogP contribution is -2.06. The minimum absolute atomic E-state index is 0.799. The lowest BCUT2D eigenvalue weighted by atomic mass is 9.87. The van der Waals surface area contributed by atoms with Crippen molar-refractivity contribution in [2.24, 2.45) is 17.3 Å². The van der Waals surface area contributed by atoms with Gasteiger partial charge in [-0.15, -0.1) is 0 Å². The molecule has 0 aromatic heterocycles. The summed E-state index contributed by atoms with van der Waals surface area (Å²) in [4.78, 5) is 0. The van der Waals surface area contributed by atoms with Gasteiger partial charge in [-0.2, -0.15) is 0 Å². The van der Waals surface area contributed by atoms with Gasteiger partial charge in [-0.05, 0) is 36.5 Å². The molecule has 0 heterocycles. The normalized spacial score (nSPS) is 33.0. The Morgan fingerprint density at radius 1 is 1.21 bits per heavy atom. The molecule has 0 heteroatoms. The summed E-state index contributed by atoms with van der Waals surface area (Å²) < 4.78 is 0. The third kappa shape index (κ3) is 2.74. The van der Waals surface area contributed by atoms with Gasteiger partial charge in [-0.3, -0.25) is 0 Å². The second kappa shape index (κ2) is 5.19. The lowest BCUT2D eigenvalue weighted by Gasteiger charge is -2.18. The summed E-state index contributed by atoms with van der Waals surface area (Å²) in [5, 5.41) is 0. The molecular formula is C14H28. The molecule has 1 rings (SSSR count). The molecule has 1 fully saturated rings. The van der Waals surface area contributed by atoms with E-state index < -0.39 is 0 Å². The van der Waals surface area contributed by atoms with Crippen molar-refractivity contribution in [1.29, 1.82) is 0 Å². The summed E-state index contributed by atoms with van der Waals surface area (Å²) in [7, 11) is 0. The maximum absolute atomic E-state index is 2.41. The summed E-state index contributed by atoms with van der Waals surface area (Å²) in [6.07, 6.45) is 10.2. The van der Waals surface area contributed by atoms with E-state index in [9.17, 15) is 0 Å². The van der Waals surface area contributed by atoms with Crippen LogP contribution in [0, 0.1) is 17.3 Å². The first-order chi connectivity index (χ1) is 6.68. The summed E-state index contributed by atoms with van der Waals surface area (Å²) in [6.45, 7) is 9.44. The predicted octanol–water partition coefficient (Wildman–Crippen LogP) is 5.03. The van der Waals surface area contributed by atoms with E-state index in [-0.39, 0.29) is 0 Å². The van der Waals surface area contributed by atoms with Gasteiger partial charge in [-0.25, -0.2) is 0 Å². The van der Waals surface area contributed by atoms with Crippen LogP contribution in [-0.2, 0) is 0 Å². The Morgan fingerprint density at radius 2 is 1.93 bits per heavy atom. The first-order valence-corrected chi connectivity index (χ1v) is 6.68. The Bertz CT molecular complexity index is 161. The van der Waals surface area contributed by atoms with E-state index in [0.29, 0.717) is 0 Å². The van der Waals surface area contributed by atoms with Gasteiger partial charge < -0.3 is 0 Å². The Kier molecular flexibility index (Phi) is 4.47. The van der Waals surface area contributed by atoms with Crippen LogP contribution in [0.1, 0.15) is 72.6 Å². The Hall–Kier alpha value is 0. The standard InChI is InChI=1S/C14H28/c1-5-9-14(11-13(14)7-3)10-8-12(4)6-2/h12-13H,5-11H2,1-4H3. The van der Waals surface area contributed by atoms with Gasteiger partial charge in [0.25, 0.3) is 0 Å². The zero-order valence-corrected chi connectivity index (χ0v) is 10.6. The number of rotatable bonds is 7. The van der Waals surface area contributed by atoms with Crippen molar-refractivity contribution in [1.82, 2.24) is 0 Å². The number of hydrogen-bond acceptors (Lipinski definition) is 0. The monoisotopic (exact) mass is 196 g/mol. The topological polar surface area (TPSA) is 0 Å². The maximum atomic E-state index is 2.41. The first-order valence-electron chi connectivity index (χ1n) is 6.68. The van der Waals surface area contributed by atoms with E-state index in [0.717, 1.165) is 17.3 Å². The minimum atomic E-state index is 0.799. The molecule has 0 nitrogen and oxygen atoms in total. The van der Waals surface area contributed by atoms with Crippen LogP contribution in [0.15, 0.2) is 0 Å². The summed E-state index contributed by atoms with van der Waals surface area (Å²) >= 11 is 0. The molecule has 1 saturated carbocycles. The molecule has 0 radical (unpaired) electrons. The Balaban J connectivity index is 2.31. The highest BCUT2D eigenvalue weighted by molar-refractivity contribution is 5.00. The summed E-state index contributed by atoms with van der Waals surface area (Å²) in [5.74, 6) is 2.02. The molecule has 1 aliphatic carbocycles. The van der Waals surface area contributed by atoms with Crippen molar-refractivity contribution in [2.45, 2.75) is 72.6 Å². The largest absolute Gasteiger partial charge is 0.0654 e. The highest BCUT2D eigenvalue weighted by Crippen LogP contribution is 2.60. The fourth-order valence-electron chi connectivity index (χ4n) is 2.98. The predicted molar refractivity (Wildman–Crippen MR) is 64.4 cm³/mol. The highest BCUT2D eigenvalue weighted by atomic mass is 14.6. The van der Waals surface area contributed by atoms with Gasteiger partial charge in [0.15, 0.2) is 0 Å². The fourth-order valence-corrected chi connectivity index (χ4v) is 2.98. The summed E-state index contributed by atoms with van der Waals surface area (Å²) in [6, 6.07) is 0. The molecule has 84 valence electrons. The third-order valence-electron chi connectivity index (χ3n) is 4.43. The molecular weight excluding hydrogens is 168 g/mol. The van der Waals surface area contributed by atoms with Crippen LogP contribution >= 0.6 is 0 Å². The van der Waals surface area contributed by atoms with Gasteiger partial charge in [0.1, 0.15) is 0 Å². The molecule has 0 bridgehead atoms. The van der Waals surface area contributed by atoms with E-state index >= 15 is 0 Å². The number of hydrogen-bond donors (Lipinski definition) is 0. The Morgan fingerprint density at radius 3 is 2.36 bits per heavy atom.